The molecule has 2 N–H and O–H groups in total. The van der Waals surface area contributed by atoms with Gasteiger partial charge in [0.05, 0.1) is 88.4 Å². The topological polar surface area (TPSA) is 296 Å². The van der Waals surface area contributed by atoms with E-state index in [4.69, 9.17) is 43.9 Å². The molecule has 3 saturated heterocycles. The van der Waals surface area contributed by atoms with Gasteiger partial charge in [-0.15, -0.1) is 0 Å². The van der Waals surface area contributed by atoms with Gasteiger partial charge in [-0.1, -0.05) is 115 Å². The number of carbonyl (C=O) groups is 4. The Morgan fingerprint density at radius 2 is 0.826 bits per heavy atom. The highest BCUT2D eigenvalue weighted by atomic mass is 35.5. The lowest BCUT2D eigenvalue weighted by molar-refractivity contribution is -0.137. The number of aryl methyl sites for hydroxylation is 3. The maximum atomic E-state index is 16.2. The summed E-state index contributed by atoms with van der Waals surface area (Å²) < 4.78 is 93.2. The lowest BCUT2D eigenvalue weighted by Gasteiger charge is -2.44. The fourth-order valence-electron chi connectivity index (χ4n) is 17.8. The summed E-state index contributed by atoms with van der Waals surface area (Å²) in [6, 6.07) is 22.1. The number of carbonyl (C=O) groups excluding carboxylic acids is 4. The van der Waals surface area contributed by atoms with Gasteiger partial charge in [-0.3, -0.25) is 34.1 Å². The molecule has 0 spiro atoms. The lowest BCUT2D eigenvalue weighted by atomic mass is 10.0. The van der Waals surface area contributed by atoms with E-state index in [-0.39, 0.29) is 150 Å². The normalized spacial score (nSPS) is 17.7. The highest BCUT2D eigenvalue weighted by Crippen LogP contribution is 2.46. The van der Waals surface area contributed by atoms with Crippen molar-refractivity contribution in [1.29, 1.82) is 0 Å². The molecule has 3 aliphatic heterocycles. The van der Waals surface area contributed by atoms with Crippen LogP contribution in [-0.4, -0.2) is 172 Å². The largest absolute Gasteiger partial charge is 0.417 e. The zero-order valence-electron chi connectivity index (χ0n) is 75.8. The van der Waals surface area contributed by atoms with Crippen molar-refractivity contribution in [2.45, 2.75) is 183 Å². The number of nitrogens with zero attached hydrogens (tertiary/aromatic N) is 18. The number of piperazine rings is 3. The second kappa shape index (κ2) is 37.8. The second-order valence-corrected chi connectivity index (χ2v) is 35.8. The number of halogens is 8. The van der Waals surface area contributed by atoms with E-state index < -0.39 is 52.2 Å². The smallest absolute Gasteiger partial charge is 0.366 e. The number of alkyl halides is 3. The zero-order valence-corrected chi connectivity index (χ0v) is 77.3. The number of anilines is 3. The van der Waals surface area contributed by atoms with Crippen LogP contribution < -0.4 is 37.5 Å². The van der Waals surface area contributed by atoms with E-state index >= 15 is 13.2 Å². The summed E-state index contributed by atoms with van der Waals surface area (Å²) >= 11 is 13.5. The first-order chi connectivity index (χ1) is 62.6. The molecule has 686 valence electrons. The summed E-state index contributed by atoms with van der Waals surface area (Å²) in [5.74, 6) is -2.49. The summed E-state index contributed by atoms with van der Waals surface area (Å²) in [5, 5.41) is 1.12. The summed E-state index contributed by atoms with van der Waals surface area (Å²) in [7, 11) is 0. The third kappa shape index (κ3) is 18.1. The van der Waals surface area contributed by atoms with Crippen LogP contribution in [0.3, 0.4) is 0 Å². The highest BCUT2D eigenvalue weighted by molar-refractivity contribution is 6.34. The Kier molecular flexibility index (Phi) is 27.2. The monoisotopic (exact) mass is 1840 g/mol. The van der Waals surface area contributed by atoms with Crippen LogP contribution in [0.15, 0.2) is 168 Å². The van der Waals surface area contributed by atoms with E-state index in [1.807, 2.05) is 119 Å². The van der Waals surface area contributed by atoms with E-state index in [0.717, 1.165) is 35.6 Å². The molecule has 0 radical (unpaired) electrons. The van der Waals surface area contributed by atoms with Crippen LogP contribution in [-0.2, 0) is 20.6 Å². The number of fused-ring (bicyclic) bond motifs is 3. The Hall–Kier alpha value is -13.4. The van der Waals surface area contributed by atoms with Gasteiger partial charge in [0.1, 0.15) is 40.6 Å². The molecule has 9 aromatic heterocycles. The van der Waals surface area contributed by atoms with Gasteiger partial charge in [-0.25, -0.2) is 56.2 Å². The summed E-state index contributed by atoms with van der Waals surface area (Å²) in [4.78, 5) is 144. The zero-order chi connectivity index (χ0) is 95.6. The van der Waals surface area contributed by atoms with Gasteiger partial charge < -0.3 is 35.1 Å². The molecule has 0 bridgehead atoms. The first-order valence-electron chi connectivity index (χ1n) is 43.5. The summed E-state index contributed by atoms with van der Waals surface area (Å²) in [6.45, 7) is 41.7. The fraction of sp³-hybridized carbons (Fsp3) is 0.347. The van der Waals surface area contributed by atoms with E-state index in [0.29, 0.717) is 107 Å². The average Bonchev–Trinajstić information content (AvgIpc) is 1.09. The molecule has 1 aliphatic carbocycles. The predicted molar refractivity (Wildman–Crippen MR) is 502 cm³/mol. The molecule has 16 rings (SSSR count). The maximum absolute atomic E-state index is 16.2. The Labute approximate surface area is 768 Å². The summed E-state index contributed by atoms with van der Waals surface area (Å²) in [5.41, 5.74) is 9.03. The standard InChI is InChI=1S/C34H36F2N6O2.C32H32ClF3N6O2.C32H33ClFN7O3/c1-7-28(43)40-16-21(6)41(17-20(40)5)32-25-15-27(36)30(24-14-23(22-8-9-22)10-11-26(24)35)38-33(25)42(34(44)39-32)31-19(4)12-13-37-29(31)18(2)3;1-7-25(43)40-15-20(6)41(16-19(40)5)29-22-14-24(33)27(21-10-8-9-11-23(21)32(34,35)36)38-30(22)42(31(44)39-29)28-18(4)12-13-37-26(28)17(2)3;1-7-24(42)39-14-19(6)40(15-18(39)5)30-21-13-22(33)27(25-20(29(35)43)9-8-10-23(25)34)37-31(21)41(32(44)38-30)28-17(4)11-12-36-26(28)16(2)3/h7,10-15,18,20-22H,1,8-9,16-17H2,2-6H3;7-14,17,19-20H,1,15-16H2,2-6H3;7-13,16,18-19H,1,14-15H2,2-6H3,(H2,35,43). The van der Waals surface area contributed by atoms with E-state index in [1.54, 1.807) is 69.7 Å². The average molecular weight is 1840 g/mol. The van der Waals surface area contributed by atoms with Crippen LogP contribution in [0.4, 0.5) is 43.8 Å². The number of pyridine rings is 6. The number of hydrogen-bond donors (Lipinski definition) is 1. The first kappa shape index (κ1) is 94.7. The molecule has 12 aromatic rings. The Morgan fingerprint density at radius 1 is 0.447 bits per heavy atom. The van der Waals surface area contributed by atoms with Crippen molar-refractivity contribution in [3.8, 4) is 50.8 Å². The van der Waals surface area contributed by atoms with Crippen molar-refractivity contribution >= 4 is 97.4 Å². The molecule has 6 unspecified atom stereocenters. The van der Waals surface area contributed by atoms with Gasteiger partial charge in [0, 0.05) is 105 Å². The Morgan fingerprint density at radius 3 is 1.20 bits per heavy atom. The highest BCUT2D eigenvalue weighted by Gasteiger charge is 2.41. The van der Waals surface area contributed by atoms with E-state index in [9.17, 15) is 46.7 Å². The van der Waals surface area contributed by atoms with Crippen molar-refractivity contribution in [2.24, 2.45) is 5.73 Å². The van der Waals surface area contributed by atoms with Crippen LogP contribution in [0.25, 0.3) is 83.9 Å². The van der Waals surface area contributed by atoms with Crippen molar-refractivity contribution in [3.63, 3.8) is 0 Å². The van der Waals surface area contributed by atoms with Crippen LogP contribution in [0.1, 0.15) is 175 Å². The van der Waals surface area contributed by atoms with Crippen molar-refractivity contribution < 1.29 is 45.5 Å². The molecule has 4 fully saturated rings. The van der Waals surface area contributed by atoms with Gasteiger partial charge in [-0.2, -0.15) is 28.1 Å². The van der Waals surface area contributed by atoms with Gasteiger partial charge in [0.2, 0.25) is 23.6 Å². The lowest BCUT2D eigenvalue weighted by Crippen LogP contribution is -2.58. The van der Waals surface area contributed by atoms with E-state index in [1.165, 1.54) is 86.5 Å². The van der Waals surface area contributed by atoms with Crippen molar-refractivity contribution in [3.05, 3.63) is 263 Å². The first-order valence-corrected chi connectivity index (χ1v) is 44.3. The number of primary amides is 1. The maximum Gasteiger partial charge on any atom is 0.417 e. The molecule has 1 saturated carbocycles. The Balaban J connectivity index is 0.000000159. The number of hydrogen-bond acceptors (Lipinski definition) is 19. The number of aromatic nitrogens is 12. The van der Waals surface area contributed by atoms with Crippen LogP contribution in [0.5, 0.6) is 0 Å². The number of benzene rings is 3. The number of amides is 4. The van der Waals surface area contributed by atoms with Crippen molar-refractivity contribution in [2.75, 3.05) is 54.0 Å². The van der Waals surface area contributed by atoms with Crippen LogP contribution in [0, 0.1) is 38.2 Å². The molecule has 3 aromatic carbocycles. The third-order valence-corrected chi connectivity index (χ3v) is 25.2. The molecule has 4 aliphatic rings. The van der Waals surface area contributed by atoms with Gasteiger partial charge >= 0.3 is 23.2 Å². The SMILES string of the molecule is C=CC(=O)N1CC(C)N(c2nc(=O)n(-c3c(C)ccnc3C(C)C)c3nc(-c4c(F)cccc4C(N)=O)c(Cl)cc23)CC1C.C=CC(=O)N1CC(C)N(c2nc(=O)n(-c3c(C)ccnc3C(C)C)c3nc(-c4cc(C5CC5)ccc4F)c(F)cc23)CC1C.C=CC(=O)N1CC(C)N(c2nc(=O)n(-c3c(C)ccnc3C(C)C)c3nc(-c4ccccc4C(F)(F)F)c(Cl)cc23)CC1C. The molecular formula is C98H101Cl2F6N19O7. The fourth-order valence-corrected chi connectivity index (χ4v) is 18.3. The minimum absolute atomic E-state index is 0.0318. The number of nitrogens with two attached hydrogens (primary N) is 1. The third-order valence-electron chi connectivity index (χ3n) is 24.6. The quantitative estimate of drug-likeness (QED) is 0.0654. The molecule has 132 heavy (non-hydrogen) atoms. The van der Waals surface area contributed by atoms with Crippen LogP contribution in [0.2, 0.25) is 10.0 Å². The Bertz CT molecular complexity index is 6880. The van der Waals surface area contributed by atoms with Gasteiger partial charge in [0.25, 0.3) is 0 Å². The van der Waals surface area contributed by atoms with Crippen molar-refractivity contribution in [1.82, 2.24) is 73.3 Å². The minimum atomic E-state index is -4.67. The van der Waals surface area contributed by atoms with Gasteiger partial charge in [0.15, 0.2) is 16.9 Å². The predicted octanol–water partition coefficient (Wildman–Crippen LogP) is 17.4. The molecule has 4 amide bonds. The molecule has 6 atom stereocenters. The van der Waals surface area contributed by atoms with Gasteiger partial charge in [-0.05, 0) is 206 Å². The molecular weight excluding hydrogens is 1740 g/mol. The van der Waals surface area contributed by atoms with Crippen LogP contribution >= 0.6 is 23.2 Å². The molecule has 26 nitrogen and oxygen atoms in total. The second-order valence-electron chi connectivity index (χ2n) is 35.0. The molecule has 34 heteroatoms. The van der Waals surface area contributed by atoms with E-state index in [2.05, 4.69) is 49.6 Å². The number of rotatable bonds is 17. The summed E-state index contributed by atoms with van der Waals surface area (Å²) in [6.07, 6.45) is 6.18. The molecule has 12 heterocycles. The minimum Gasteiger partial charge on any atom is -0.366 e.